The van der Waals surface area contributed by atoms with Crippen LogP contribution >= 0.6 is 0 Å². The van der Waals surface area contributed by atoms with Gasteiger partial charge in [0.1, 0.15) is 18.7 Å². The molecule has 1 atom stereocenters. The van der Waals surface area contributed by atoms with Crippen LogP contribution in [0.25, 0.3) is 5.69 Å². The Morgan fingerprint density at radius 3 is 2.41 bits per heavy atom. The van der Waals surface area contributed by atoms with Crippen molar-refractivity contribution in [1.82, 2.24) is 20.1 Å². The zero-order valence-electron chi connectivity index (χ0n) is 12.3. The fourth-order valence-electron chi connectivity index (χ4n) is 2.03. The number of amides is 1. The monoisotopic (exact) mass is 302 g/mol. The summed E-state index contributed by atoms with van der Waals surface area (Å²) in [6, 6.07) is 5.93. The van der Waals surface area contributed by atoms with E-state index in [1.807, 2.05) is 6.92 Å². The van der Waals surface area contributed by atoms with Crippen LogP contribution in [0.15, 0.2) is 36.9 Å². The molecule has 0 saturated carbocycles. The maximum Gasteiger partial charge on any atom is 0.326 e. The van der Waals surface area contributed by atoms with E-state index >= 15 is 0 Å². The van der Waals surface area contributed by atoms with Crippen molar-refractivity contribution in [3.8, 4) is 5.69 Å². The fraction of sp³-hybridized carbons (Fsp3) is 0.333. The smallest absolute Gasteiger partial charge is 0.326 e. The summed E-state index contributed by atoms with van der Waals surface area (Å²) in [4.78, 5) is 23.3. The Morgan fingerprint density at radius 2 is 1.86 bits per heavy atom. The summed E-state index contributed by atoms with van der Waals surface area (Å²) in [7, 11) is 0. The van der Waals surface area contributed by atoms with Crippen molar-refractivity contribution in [2.45, 2.75) is 32.2 Å². The Labute approximate surface area is 128 Å². The highest BCUT2D eigenvalue weighted by Crippen LogP contribution is 2.10. The molecule has 0 spiro atoms. The van der Waals surface area contributed by atoms with Crippen LogP contribution in [0.3, 0.4) is 0 Å². The molecule has 1 heterocycles. The Hall–Kier alpha value is -2.70. The molecule has 0 unspecified atom stereocenters. The fourth-order valence-corrected chi connectivity index (χ4v) is 2.03. The third-order valence-electron chi connectivity index (χ3n) is 3.30. The van der Waals surface area contributed by atoms with Gasteiger partial charge >= 0.3 is 5.97 Å². The quantitative estimate of drug-likeness (QED) is 0.810. The molecule has 0 fully saturated rings. The van der Waals surface area contributed by atoms with Gasteiger partial charge in [0.15, 0.2) is 0 Å². The lowest BCUT2D eigenvalue weighted by molar-refractivity contribution is -0.139. The molecule has 0 saturated heterocycles. The van der Waals surface area contributed by atoms with Crippen LogP contribution in [-0.2, 0) is 4.79 Å². The minimum absolute atomic E-state index is 0.390. The number of aliphatic carboxylic acids is 1. The second-order valence-electron chi connectivity index (χ2n) is 4.92. The maximum atomic E-state index is 12.1. The molecule has 22 heavy (non-hydrogen) atoms. The summed E-state index contributed by atoms with van der Waals surface area (Å²) in [5.41, 5.74) is 1.24. The SMILES string of the molecule is CCCC[C@H](NC(=O)c1ccc(-n2cnnc2)cc1)C(=O)O. The Morgan fingerprint density at radius 1 is 1.23 bits per heavy atom. The van der Waals surface area contributed by atoms with Gasteiger partial charge in [-0.05, 0) is 30.7 Å². The maximum absolute atomic E-state index is 12.1. The summed E-state index contributed by atoms with van der Waals surface area (Å²) in [6.45, 7) is 1.98. The Kier molecular flexibility index (Phi) is 5.24. The minimum Gasteiger partial charge on any atom is -0.480 e. The van der Waals surface area contributed by atoms with E-state index in [2.05, 4.69) is 15.5 Å². The van der Waals surface area contributed by atoms with Crippen molar-refractivity contribution in [2.75, 3.05) is 0 Å². The second-order valence-corrected chi connectivity index (χ2v) is 4.92. The molecule has 0 aliphatic heterocycles. The first-order valence-electron chi connectivity index (χ1n) is 7.10. The predicted molar refractivity (Wildman–Crippen MR) is 79.8 cm³/mol. The number of hydrogen-bond acceptors (Lipinski definition) is 4. The van der Waals surface area contributed by atoms with Crippen LogP contribution in [0.5, 0.6) is 0 Å². The number of carboxylic acids is 1. The molecule has 0 aliphatic carbocycles. The highest BCUT2D eigenvalue weighted by atomic mass is 16.4. The van der Waals surface area contributed by atoms with E-state index in [1.165, 1.54) is 0 Å². The highest BCUT2D eigenvalue weighted by molar-refractivity contribution is 5.96. The summed E-state index contributed by atoms with van der Waals surface area (Å²) in [6.07, 6.45) is 5.17. The van der Waals surface area contributed by atoms with Crippen LogP contribution in [0.4, 0.5) is 0 Å². The van der Waals surface area contributed by atoms with Gasteiger partial charge in [0.2, 0.25) is 0 Å². The first-order chi connectivity index (χ1) is 10.6. The van der Waals surface area contributed by atoms with Gasteiger partial charge in [-0.3, -0.25) is 9.36 Å². The van der Waals surface area contributed by atoms with Crippen molar-refractivity contribution < 1.29 is 14.7 Å². The van der Waals surface area contributed by atoms with Gasteiger partial charge in [-0.15, -0.1) is 10.2 Å². The highest BCUT2D eigenvalue weighted by Gasteiger charge is 2.19. The topological polar surface area (TPSA) is 97.1 Å². The van der Waals surface area contributed by atoms with E-state index in [9.17, 15) is 9.59 Å². The average Bonchev–Trinajstić information content (AvgIpc) is 3.05. The standard InChI is InChI=1S/C15H18N4O3/c1-2-3-4-13(15(21)22)18-14(20)11-5-7-12(8-6-11)19-9-16-17-10-19/h5-10,13H,2-4H2,1H3,(H,18,20)(H,21,22)/t13-/m0/s1. The number of rotatable bonds is 7. The molecule has 2 aromatic rings. The largest absolute Gasteiger partial charge is 0.480 e. The lowest BCUT2D eigenvalue weighted by atomic mass is 10.1. The van der Waals surface area contributed by atoms with E-state index in [1.54, 1.807) is 41.5 Å². The van der Waals surface area contributed by atoms with Gasteiger partial charge < -0.3 is 10.4 Å². The number of unbranched alkanes of at least 4 members (excludes halogenated alkanes) is 1. The number of carbonyl (C=O) groups is 2. The molecule has 0 radical (unpaired) electrons. The van der Waals surface area contributed by atoms with Crippen molar-refractivity contribution in [2.24, 2.45) is 0 Å². The molecular weight excluding hydrogens is 284 g/mol. The number of nitrogens with zero attached hydrogens (tertiary/aromatic N) is 3. The summed E-state index contributed by atoms with van der Waals surface area (Å²) in [5.74, 6) is -1.40. The first kappa shape index (κ1) is 15.7. The van der Waals surface area contributed by atoms with Crippen molar-refractivity contribution >= 4 is 11.9 Å². The van der Waals surface area contributed by atoms with Crippen molar-refractivity contribution in [1.29, 1.82) is 0 Å². The number of carbonyl (C=O) groups excluding carboxylic acids is 1. The molecule has 0 bridgehead atoms. The van der Waals surface area contributed by atoms with E-state index in [0.717, 1.165) is 18.5 Å². The van der Waals surface area contributed by atoms with Crippen LogP contribution in [-0.4, -0.2) is 37.8 Å². The van der Waals surface area contributed by atoms with Crippen LogP contribution < -0.4 is 5.32 Å². The number of carboxylic acid groups (broad SMARTS) is 1. The molecule has 2 N–H and O–H groups in total. The van der Waals surface area contributed by atoms with Crippen molar-refractivity contribution in [3.05, 3.63) is 42.5 Å². The predicted octanol–water partition coefficient (Wildman–Crippen LogP) is 1.64. The van der Waals surface area contributed by atoms with Crippen molar-refractivity contribution in [3.63, 3.8) is 0 Å². The number of aromatic nitrogens is 3. The molecule has 7 heteroatoms. The lowest BCUT2D eigenvalue weighted by Crippen LogP contribution is -2.40. The summed E-state index contributed by atoms with van der Waals surface area (Å²) < 4.78 is 1.71. The normalized spacial score (nSPS) is 11.9. The molecule has 1 amide bonds. The van der Waals surface area contributed by atoms with Crippen LogP contribution in [0, 0.1) is 0 Å². The van der Waals surface area contributed by atoms with Gasteiger partial charge in [-0.1, -0.05) is 19.8 Å². The van der Waals surface area contributed by atoms with Gasteiger partial charge in [0.25, 0.3) is 5.91 Å². The van der Waals surface area contributed by atoms with Gasteiger partial charge in [0, 0.05) is 11.3 Å². The third kappa shape index (κ3) is 3.91. The zero-order valence-corrected chi connectivity index (χ0v) is 12.3. The van der Waals surface area contributed by atoms with Crippen LogP contribution in [0.1, 0.15) is 36.5 Å². The summed E-state index contributed by atoms with van der Waals surface area (Å²) >= 11 is 0. The molecule has 0 aliphatic rings. The second kappa shape index (κ2) is 7.35. The van der Waals surface area contributed by atoms with E-state index in [4.69, 9.17) is 5.11 Å². The summed E-state index contributed by atoms with van der Waals surface area (Å²) in [5, 5.41) is 19.1. The van der Waals surface area contributed by atoms with Gasteiger partial charge in [-0.25, -0.2) is 4.79 Å². The molecular formula is C15H18N4O3. The molecule has 116 valence electrons. The molecule has 1 aromatic heterocycles. The Bertz CT molecular complexity index is 623. The minimum atomic E-state index is -1.01. The third-order valence-corrected chi connectivity index (χ3v) is 3.30. The molecule has 7 nitrogen and oxygen atoms in total. The first-order valence-corrected chi connectivity index (χ1v) is 7.10. The number of hydrogen-bond donors (Lipinski definition) is 2. The van der Waals surface area contributed by atoms with Gasteiger partial charge in [-0.2, -0.15) is 0 Å². The van der Waals surface area contributed by atoms with Crippen LogP contribution in [0.2, 0.25) is 0 Å². The number of benzene rings is 1. The lowest BCUT2D eigenvalue weighted by Gasteiger charge is -2.14. The zero-order chi connectivity index (χ0) is 15.9. The number of nitrogens with one attached hydrogen (secondary N) is 1. The molecule has 1 aromatic carbocycles. The van der Waals surface area contributed by atoms with E-state index < -0.39 is 12.0 Å². The molecule has 2 rings (SSSR count). The van der Waals surface area contributed by atoms with E-state index in [0.29, 0.717) is 12.0 Å². The van der Waals surface area contributed by atoms with E-state index in [-0.39, 0.29) is 5.91 Å². The Balaban J connectivity index is 2.04. The van der Waals surface area contributed by atoms with Gasteiger partial charge in [0.05, 0.1) is 0 Å². The average molecular weight is 302 g/mol.